The summed E-state index contributed by atoms with van der Waals surface area (Å²) in [5, 5.41) is 5.73. The van der Waals surface area contributed by atoms with Crippen molar-refractivity contribution in [1.82, 2.24) is 10.6 Å². The Kier molecular flexibility index (Phi) is 8.37. The molecular formula is C13H26N2O3. The molecule has 0 saturated heterocycles. The second-order valence-corrected chi connectivity index (χ2v) is 4.96. The van der Waals surface area contributed by atoms with Crippen LogP contribution in [0.15, 0.2) is 0 Å². The third-order valence-electron chi connectivity index (χ3n) is 2.35. The Morgan fingerprint density at radius 1 is 1.17 bits per heavy atom. The molecule has 0 unspecified atom stereocenters. The fourth-order valence-electron chi connectivity index (χ4n) is 1.45. The highest BCUT2D eigenvalue weighted by atomic mass is 16.5. The van der Waals surface area contributed by atoms with Gasteiger partial charge in [-0.1, -0.05) is 34.6 Å². The van der Waals surface area contributed by atoms with Gasteiger partial charge >= 0.3 is 6.09 Å². The van der Waals surface area contributed by atoms with Crippen LogP contribution in [-0.4, -0.2) is 37.1 Å². The Balaban J connectivity index is 4.24. The molecular weight excluding hydrogens is 232 g/mol. The van der Waals surface area contributed by atoms with Gasteiger partial charge in [-0.05, 0) is 6.42 Å². The number of hydrogen-bond acceptors (Lipinski definition) is 4. The minimum Gasteiger partial charge on any atom is -0.447 e. The number of rotatable bonds is 8. The molecule has 0 aliphatic heterocycles. The molecule has 0 spiro atoms. The molecule has 0 saturated carbocycles. The zero-order chi connectivity index (χ0) is 14.1. The highest BCUT2D eigenvalue weighted by molar-refractivity contribution is 5.86. The first-order valence-electron chi connectivity index (χ1n) is 6.58. The van der Waals surface area contributed by atoms with Gasteiger partial charge in [0.05, 0.1) is 0 Å². The van der Waals surface area contributed by atoms with Crippen LogP contribution >= 0.6 is 0 Å². The molecule has 0 bridgehead atoms. The van der Waals surface area contributed by atoms with E-state index in [2.05, 4.69) is 10.6 Å². The number of carbonyl (C=O) groups is 2. The van der Waals surface area contributed by atoms with Crippen molar-refractivity contribution in [3.63, 3.8) is 0 Å². The van der Waals surface area contributed by atoms with E-state index < -0.39 is 12.1 Å². The van der Waals surface area contributed by atoms with Crippen molar-refractivity contribution in [1.29, 1.82) is 0 Å². The predicted molar refractivity (Wildman–Crippen MR) is 71.5 cm³/mol. The summed E-state index contributed by atoms with van der Waals surface area (Å²) in [4.78, 5) is 23.2. The molecule has 0 heterocycles. The maximum atomic E-state index is 11.9. The van der Waals surface area contributed by atoms with E-state index in [1.54, 1.807) is 0 Å². The summed E-state index contributed by atoms with van der Waals surface area (Å²) in [6.07, 6.45) is 0.386. The Hall–Kier alpha value is -1.10. The third kappa shape index (κ3) is 7.27. The van der Waals surface area contributed by atoms with E-state index in [4.69, 9.17) is 4.74 Å². The lowest BCUT2D eigenvalue weighted by Gasteiger charge is -2.21. The lowest BCUT2D eigenvalue weighted by atomic mass is 10.0. The standard InChI is InChI=1S/C13H26N2O3/c1-6-7-14-13(17)18-8-11(15-10(4)5)12(16)9(2)3/h9-11,15H,6-8H2,1-5H3,(H,14,17)/t11-/m0/s1. The summed E-state index contributed by atoms with van der Waals surface area (Å²) in [6.45, 7) is 10.2. The van der Waals surface area contributed by atoms with Crippen molar-refractivity contribution in [2.24, 2.45) is 5.92 Å². The zero-order valence-corrected chi connectivity index (χ0v) is 12.1. The number of alkyl carbamates (subject to hydrolysis) is 1. The lowest BCUT2D eigenvalue weighted by molar-refractivity contribution is -0.125. The van der Waals surface area contributed by atoms with Crippen molar-refractivity contribution < 1.29 is 14.3 Å². The van der Waals surface area contributed by atoms with Gasteiger partial charge in [-0.3, -0.25) is 4.79 Å². The van der Waals surface area contributed by atoms with Gasteiger partial charge in [0.1, 0.15) is 12.6 Å². The number of carbonyl (C=O) groups excluding carboxylic acids is 2. The van der Waals surface area contributed by atoms with Gasteiger partial charge in [0.2, 0.25) is 0 Å². The average molecular weight is 258 g/mol. The topological polar surface area (TPSA) is 67.4 Å². The van der Waals surface area contributed by atoms with E-state index in [-0.39, 0.29) is 24.3 Å². The number of nitrogens with one attached hydrogen (secondary N) is 2. The predicted octanol–water partition coefficient (Wildman–Crippen LogP) is 1.71. The van der Waals surface area contributed by atoms with Gasteiger partial charge in [0.25, 0.3) is 0 Å². The number of ether oxygens (including phenoxy) is 1. The van der Waals surface area contributed by atoms with Gasteiger partial charge in [-0.25, -0.2) is 4.79 Å². The molecule has 0 fully saturated rings. The van der Waals surface area contributed by atoms with Crippen LogP contribution in [0, 0.1) is 5.92 Å². The Bertz CT molecular complexity index is 265. The van der Waals surface area contributed by atoms with E-state index in [9.17, 15) is 9.59 Å². The van der Waals surface area contributed by atoms with E-state index in [0.717, 1.165) is 6.42 Å². The Morgan fingerprint density at radius 3 is 2.22 bits per heavy atom. The lowest BCUT2D eigenvalue weighted by Crippen LogP contribution is -2.46. The fraction of sp³-hybridized carbons (Fsp3) is 0.846. The van der Waals surface area contributed by atoms with E-state index in [0.29, 0.717) is 6.54 Å². The van der Waals surface area contributed by atoms with Crippen molar-refractivity contribution in [3.8, 4) is 0 Å². The quantitative estimate of drug-likeness (QED) is 0.695. The molecule has 1 atom stereocenters. The minimum absolute atomic E-state index is 0.0620. The van der Waals surface area contributed by atoms with Crippen molar-refractivity contribution in [2.75, 3.05) is 13.2 Å². The zero-order valence-electron chi connectivity index (χ0n) is 12.1. The number of ketones is 1. The molecule has 0 radical (unpaired) electrons. The number of hydrogen-bond donors (Lipinski definition) is 2. The maximum absolute atomic E-state index is 11.9. The van der Waals surface area contributed by atoms with Gasteiger partial charge in [0, 0.05) is 18.5 Å². The molecule has 1 amide bonds. The smallest absolute Gasteiger partial charge is 0.407 e. The Labute approximate surface area is 110 Å². The number of amides is 1. The summed E-state index contributed by atoms with van der Waals surface area (Å²) in [6, 6.07) is -0.266. The number of Topliss-reactive ketones (excluding diaryl/α,β-unsaturated/α-hetero) is 1. The molecule has 5 nitrogen and oxygen atoms in total. The minimum atomic E-state index is -0.469. The average Bonchev–Trinajstić information content (AvgIpc) is 2.30. The first-order chi connectivity index (χ1) is 8.38. The third-order valence-corrected chi connectivity index (χ3v) is 2.35. The van der Waals surface area contributed by atoms with Crippen molar-refractivity contribution >= 4 is 11.9 Å². The van der Waals surface area contributed by atoms with Crippen molar-refractivity contribution in [3.05, 3.63) is 0 Å². The van der Waals surface area contributed by atoms with Crippen LogP contribution in [0.3, 0.4) is 0 Å². The second-order valence-electron chi connectivity index (χ2n) is 4.96. The molecule has 0 aromatic rings. The molecule has 0 aliphatic carbocycles. The van der Waals surface area contributed by atoms with Gasteiger partial charge < -0.3 is 15.4 Å². The van der Waals surface area contributed by atoms with Gasteiger partial charge in [-0.15, -0.1) is 0 Å². The van der Waals surface area contributed by atoms with Crippen LogP contribution in [0.4, 0.5) is 4.79 Å². The van der Waals surface area contributed by atoms with Crippen LogP contribution < -0.4 is 10.6 Å². The van der Waals surface area contributed by atoms with E-state index >= 15 is 0 Å². The van der Waals surface area contributed by atoms with Crippen molar-refractivity contribution in [2.45, 2.75) is 53.1 Å². The second kappa shape index (κ2) is 8.91. The summed E-state index contributed by atoms with van der Waals surface area (Å²) in [5.74, 6) is -0.0180. The molecule has 2 N–H and O–H groups in total. The highest BCUT2D eigenvalue weighted by Crippen LogP contribution is 2.02. The summed E-state index contributed by atoms with van der Waals surface area (Å²) in [7, 11) is 0. The van der Waals surface area contributed by atoms with Crippen LogP contribution in [0.25, 0.3) is 0 Å². The first kappa shape index (κ1) is 16.9. The molecule has 106 valence electrons. The van der Waals surface area contributed by atoms with Gasteiger partial charge in [0.15, 0.2) is 5.78 Å². The van der Waals surface area contributed by atoms with E-state index in [1.165, 1.54) is 0 Å². The largest absolute Gasteiger partial charge is 0.447 e. The van der Waals surface area contributed by atoms with Crippen LogP contribution in [0.1, 0.15) is 41.0 Å². The van der Waals surface area contributed by atoms with Crippen LogP contribution in [-0.2, 0) is 9.53 Å². The molecule has 0 rings (SSSR count). The fourth-order valence-corrected chi connectivity index (χ4v) is 1.45. The first-order valence-corrected chi connectivity index (χ1v) is 6.58. The van der Waals surface area contributed by atoms with Crippen LogP contribution in [0.5, 0.6) is 0 Å². The summed E-state index contributed by atoms with van der Waals surface area (Å²) < 4.78 is 5.05. The van der Waals surface area contributed by atoms with Gasteiger partial charge in [-0.2, -0.15) is 0 Å². The molecule has 0 aliphatic rings. The maximum Gasteiger partial charge on any atom is 0.407 e. The Morgan fingerprint density at radius 2 is 1.78 bits per heavy atom. The summed E-state index contributed by atoms with van der Waals surface area (Å²) >= 11 is 0. The monoisotopic (exact) mass is 258 g/mol. The highest BCUT2D eigenvalue weighted by Gasteiger charge is 2.23. The molecule has 0 aromatic carbocycles. The molecule has 5 heteroatoms. The molecule has 0 aromatic heterocycles. The SMILES string of the molecule is CCCNC(=O)OC[C@H](NC(C)C)C(=O)C(C)C. The van der Waals surface area contributed by atoms with E-state index in [1.807, 2.05) is 34.6 Å². The normalized spacial score (nSPS) is 12.6. The molecule has 18 heavy (non-hydrogen) atoms. The summed E-state index contributed by atoms with van der Waals surface area (Å²) in [5.41, 5.74) is 0. The van der Waals surface area contributed by atoms with Crippen LogP contribution in [0.2, 0.25) is 0 Å².